The van der Waals surface area contributed by atoms with Crippen molar-refractivity contribution in [2.45, 2.75) is 31.7 Å². The maximum Gasteiger partial charge on any atom is 0.254 e. The topological polar surface area (TPSA) is 95.9 Å². The number of halogens is 1. The quantitative estimate of drug-likeness (QED) is 0.586. The number of methoxy groups -OCH3 is 1. The zero-order chi connectivity index (χ0) is 25.4. The van der Waals surface area contributed by atoms with E-state index in [9.17, 15) is 14.4 Å². The number of amides is 3. The number of hydrogen-bond acceptors (Lipinski definition) is 6. The van der Waals surface area contributed by atoms with E-state index in [4.69, 9.17) is 16.3 Å². The summed E-state index contributed by atoms with van der Waals surface area (Å²) in [4.78, 5) is 52.9. The third-order valence-electron chi connectivity index (χ3n) is 8.02. The molecule has 3 saturated heterocycles. The van der Waals surface area contributed by atoms with Crippen LogP contribution in [0, 0.1) is 11.3 Å². The molecule has 1 spiro atoms. The number of carbonyl (C=O) groups is 3. The van der Waals surface area contributed by atoms with Crippen molar-refractivity contribution in [3.8, 4) is 5.88 Å². The van der Waals surface area contributed by atoms with Crippen LogP contribution < -0.4 is 4.74 Å². The third-order valence-corrected chi connectivity index (χ3v) is 8.21. The van der Waals surface area contributed by atoms with Crippen LogP contribution in [-0.2, 0) is 9.59 Å². The predicted octanol–water partition coefficient (Wildman–Crippen LogP) is 2.81. The van der Waals surface area contributed by atoms with Gasteiger partial charge < -0.3 is 19.4 Å². The number of hydrogen-bond donors (Lipinski definition) is 0. The molecule has 0 aromatic carbocycles. The maximum atomic E-state index is 13.6. The number of aromatic nitrogens is 2. The number of nitrogens with zero attached hydrogens (tertiary/aromatic N) is 5. The standard InChI is InChI=1S/C26H30ClN5O4/c1-30-22(33)14-19(23(30)17-4-3-8-28-15-17)25(35)32-11-7-26(16-32)5-9-31(10-6-26)24(34)18-12-20(27)29-21(13-18)36-2/h3-4,8,12-13,15,19,23H,5-7,9-11,14,16H2,1-2H3. The Kier molecular flexibility index (Phi) is 6.59. The molecule has 0 radical (unpaired) electrons. The summed E-state index contributed by atoms with van der Waals surface area (Å²) in [5.74, 6) is -0.170. The van der Waals surface area contributed by atoms with Crippen LogP contribution in [0.5, 0.6) is 5.88 Å². The van der Waals surface area contributed by atoms with Gasteiger partial charge in [-0.15, -0.1) is 0 Å². The average Bonchev–Trinajstić information content (AvgIpc) is 3.44. The summed E-state index contributed by atoms with van der Waals surface area (Å²) >= 11 is 6.05. The van der Waals surface area contributed by atoms with E-state index in [0.717, 1.165) is 24.8 Å². The van der Waals surface area contributed by atoms with Crippen LogP contribution >= 0.6 is 11.6 Å². The number of rotatable bonds is 4. The average molecular weight is 512 g/mol. The molecular weight excluding hydrogens is 482 g/mol. The zero-order valence-corrected chi connectivity index (χ0v) is 21.3. The van der Waals surface area contributed by atoms with Crippen LogP contribution in [0.25, 0.3) is 0 Å². The van der Waals surface area contributed by atoms with Gasteiger partial charge in [0.25, 0.3) is 5.91 Å². The first-order valence-electron chi connectivity index (χ1n) is 12.3. The minimum Gasteiger partial charge on any atom is -0.481 e. The van der Waals surface area contributed by atoms with Crippen LogP contribution in [0.1, 0.15) is 47.6 Å². The van der Waals surface area contributed by atoms with Crippen LogP contribution in [-0.4, -0.2) is 82.7 Å². The Labute approximate surface area is 215 Å². The highest BCUT2D eigenvalue weighted by Gasteiger charge is 2.48. The Balaban J connectivity index is 1.24. The minimum absolute atomic E-state index is 0.00165. The van der Waals surface area contributed by atoms with Gasteiger partial charge in [0, 0.05) is 63.7 Å². The van der Waals surface area contributed by atoms with E-state index < -0.39 is 5.92 Å². The van der Waals surface area contributed by atoms with Crippen LogP contribution in [0.3, 0.4) is 0 Å². The van der Waals surface area contributed by atoms with E-state index in [1.165, 1.54) is 7.11 Å². The first kappa shape index (κ1) is 24.5. The molecule has 0 aliphatic carbocycles. The second kappa shape index (κ2) is 9.69. The van der Waals surface area contributed by atoms with Gasteiger partial charge in [-0.25, -0.2) is 4.98 Å². The molecule has 10 heteroatoms. The summed E-state index contributed by atoms with van der Waals surface area (Å²) in [5, 5.41) is 0.219. The van der Waals surface area contributed by atoms with E-state index in [0.29, 0.717) is 37.6 Å². The highest BCUT2D eigenvalue weighted by molar-refractivity contribution is 6.29. The second-order valence-corrected chi connectivity index (χ2v) is 10.5. The highest BCUT2D eigenvalue weighted by Crippen LogP contribution is 2.44. The summed E-state index contributed by atoms with van der Waals surface area (Å²) in [7, 11) is 3.25. The van der Waals surface area contributed by atoms with Crippen LogP contribution in [0.4, 0.5) is 0 Å². The van der Waals surface area contributed by atoms with Crippen molar-refractivity contribution >= 4 is 29.3 Å². The molecule has 3 amide bonds. The first-order valence-corrected chi connectivity index (χ1v) is 12.6. The van der Waals surface area contributed by atoms with Gasteiger partial charge in [0.2, 0.25) is 17.7 Å². The fourth-order valence-electron chi connectivity index (χ4n) is 5.93. The van der Waals surface area contributed by atoms with E-state index in [1.807, 2.05) is 21.9 Å². The number of pyridine rings is 2. The van der Waals surface area contributed by atoms with E-state index in [2.05, 4.69) is 9.97 Å². The zero-order valence-electron chi connectivity index (χ0n) is 20.5. The van der Waals surface area contributed by atoms with Gasteiger partial charge in [-0.1, -0.05) is 17.7 Å². The number of ether oxygens (including phenoxy) is 1. The van der Waals surface area contributed by atoms with Gasteiger partial charge in [0.1, 0.15) is 5.15 Å². The number of likely N-dealkylation sites (tertiary alicyclic amines) is 3. The van der Waals surface area contributed by atoms with Gasteiger partial charge in [0.15, 0.2) is 0 Å². The fraction of sp³-hybridized carbons (Fsp3) is 0.500. The lowest BCUT2D eigenvalue weighted by Crippen LogP contribution is -2.45. The summed E-state index contributed by atoms with van der Waals surface area (Å²) in [6.45, 7) is 2.58. The molecule has 9 nitrogen and oxygen atoms in total. The monoisotopic (exact) mass is 511 g/mol. The smallest absolute Gasteiger partial charge is 0.254 e. The van der Waals surface area contributed by atoms with Crippen molar-refractivity contribution in [2.24, 2.45) is 11.3 Å². The molecule has 3 aliphatic heterocycles. The largest absolute Gasteiger partial charge is 0.481 e. The number of carbonyl (C=O) groups excluding carboxylic acids is 3. The molecule has 2 atom stereocenters. The molecule has 2 aromatic heterocycles. The van der Waals surface area contributed by atoms with Crippen molar-refractivity contribution in [1.29, 1.82) is 0 Å². The van der Waals surface area contributed by atoms with Gasteiger partial charge in [-0.2, -0.15) is 0 Å². The van der Waals surface area contributed by atoms with E-state index >= 15 is 0 Å². The van der Waals surface area contributed by atoms with Crippen molar-refractivity contribution in [1.82, 2.24) is 24.7 Å². The lowest BCUT2D eigenvalue weighted by atomic mass is 9.77. The lowest BCUT2D eigenvalue weighted by molar-refractivity contribution is -0.136. The molecule has 0 saturated carbocycles. The Morgan fingerprint density at radius 1 is 1.14 bits per heavy atom. The van der Waals surface area contributed by atoms with Crippen molar-refractivity contribution in [3.63, 3.8) is 0 Å². The third kappa shape index (κ3) is 4.52. The molecule has 3 fully saturated rings. The molecule has 0 N–H and O–H groups in total. The van der Waals surface area contributed by atoms with Gasteiger partial charge in [-0.3, -0.25) is 19.4 Å². The molecule has 3 aliphatic rings. The molecule has 5 rings (SSSR count). The van der Waals surface area contributed by atoms with Crippen molar-refractivity contribution < 1.29 is 19.1 Å². The molecule has 190 valence electrons. The Morgan fingerprint density at radius 3 is 2.53 bits per heavy atom. The van der Waals surface area contributed by atoms with E-state index in [-0.39, 0.29) is 40.8 Å². The molecule has 0 bridgehead atoms. The number of piperidine rings is 1. The second-order valence-electron chi connectivity index (χ2n) is 10.1. The Morgan fingerprint density at radius 2 is 1.86 bits per heavy atom. The predicted molar refractivity (Wildman–Crippen MR) is 132 cm³/mol. The lowest BCUT2D eigenvalue weighted by Gasteiger charge is -2.39. The Bertz CT molecular complexity index is 1170. The normalized spacial score (nSPS) is 23.4. The van der Waals surface area contributed by atoms with Crippen LogP contribution in [0.15, 0.2) is 36.7 Å². The molecule has 2 aromatic rings. The summed E-state index contributed by atoms with van der Waals surface area (Å²) in [6.07, 6.45) is 6.21. The molecule has 5 heterocycles. The van der Waals surface area contributed by atoms with Gasteiger partial charge >= 0.3 is 0 Å². The molecular formula is C26H30ClN5O4. The summed E-state index contributed by atoms with van der Waals surface area (Å²) < 4.78 is 5.14. The fourth-order valence-corrected chi connectivity index (χ4v) is 6.13. The van der Waals surface area contributed by atoms with Crippen molar-refractivity contribution in [2.75, 3.05) is 40.3 Å². The Hall–Kier alpha value is -3.20. The van der Waals surface area contributed by atoms with Gasteiger partial charge in [-0.05, 0) is 42.4 Å². The maximum absolute atomic E-state index is 13.6. The van der Waals surface area contributed by atoms with Gasteiger partial charge in [0.05, 0.1) is 19.1 Å². The first-order chi connectivity index (χ1) is 17.3. The van der Waals surface area contributed by atoms with Crippen molar-refractivity contribution in [3.05, 3.63) is 52.9 Å². The molecule has 2 unspecified atom stereocenters. The summed E-state index contributed by atoms with van der Waals surface area (Å²) in [5.41, 5.74) is 1.35. The minimum atomic E-state index is -0.407. The molecule has 36 heavy (non-hydrogen) atoms. The SMILES string of the molecule is COc1cc(C(=O)N2CCC3(CC2)CCN(C(=O)C2CC(=O)N(C)C2c2cccnc2)C3)cc(Cl)n1. The summed E-state index contributed by atoms with van der Waals surface area (Å²) in [6, 6.07) is 6.64. The van der Waals surface area contributed by atoms with E-state index in [1.54, 1.807) is 36.5 Å². The highest BCUT2D eigenvalue weighted by atomic mass is 35.5. The van der Waals surface area contributed by atoms with Crippen LogP contribution in [0.2, 0.25) is 5.15 Å².